The summed E-state index contributed by atoms with van der Waals surface area (Å²) in [4.78, 5) is 29.3. The van der Waals surface area contributed by atoms with Gasteiger partial charge in [0.05, 0.1) is 37.8 Å². The number of carbonyl (C=O) groups is 2. The highest BCUT2D eigenvalue weighted by molar-refractivity contribution is 6.12. The lowest BCUT2D eigenvalue weighted by Gasteiger charge is -2.27. The van der Waals surface area contributed by atoms with E-state index in [0.29, 0.717) is 48.8 Å². The minimum atomic E-state index is -1.61. The van der Waals surface area contributed by atoms with Crippen LogP contribution < -0.4 is 4.90 Å². The van der Waals surface area contributed by atoms with Crippen LogP contribution >= 0.6 is 0 Å². The summed E-state index contributed by atoms with van der Waals surface area (Å²) in [6.45, 7) is 2.54. The molecule has 5 rings (SSSR count). The summed E-state index contributed by atoms with van der Waals surface area (Å²) in [7, 11) is 0. The molecule has 150 valence electrons. The average molecular weight is 398 g/mol. The zero-order chi connectivity index (χ0) is 20.0. The van der Waals surface area contributed by atoms with Crippen molar-refractivity contribution in [3.8, 4) is 0 Å². The van der Waals surface area contributed by atoms with E-state index in [2.05, 4.69) is 0 Å². The van der Waals surface area contributed by atoms with Crippen LogP contribution in [0.5, 0.6) is 0 Å². The average Bonchev–Trinajstić information content (AvgIpc) is 3.33. The number of hydrogen-bond acceptors (Lipinski definition) is 5. The molecule has 0 unspecified atom stereocenters. The Bertz CT molecular complexity index is 983. The summed E-state index contributed by atoms with van der Waals surface area (Å²) in [5.74, 6) is -2.65. The molecule has 29 heavy (non-hydrogen) atoms. The zero-order valence-electron chi connectivity index (χ0n) is 15.6. The number of amides is 2. The van der Waals surface area contributed by atoms with Crippen molar-refractivity contribution in [1.82, 2.24) is 4.90 Å². The molecule has 3 aliphatic rings. The molecule has 0 atom stereocenters. The molecule has 0 radical (unpaired) electrons. The highest BCUT2D eigenvalue weighted by Crippen LogP contribution is 2.49. The normalized spacial score (nSPS) is 20.4. The Morgan fingerprint density at radius 3 is 2.48 bits per heavy atom. The van der Waals surface area contributed by atoms with Gasteiger partial charge in [0.1, 0.15) is 5.82 Å². The van der Waals surface area contributed by atoms with Gasteiger partial charge >= 0.3 is 0 Å². The molecule has 2 fully saturated rings. The van der Waals surface area contributed by atoms with E-state index in [-0.39, 0.29) is 19.1 Å². The molecule has 8 heteroatoms. The smallest absolute Gasteiger partial charge is 0.297 e. The van der Waals surface area contributed by atoms with E-state index in [9.17, 15) is 14.0 Å². The molecule has 2 saturated heterocycles. The van der Waals surface area contributed by atoms with Gasteiger partial charge in [-0.1, -0.05) is 6.07 Å². The van der Waals surface area contributed by atoms with E-state index in [0.717, 1.165) is 0 Å². The lowest BCUT2D eigenvalue weighted by molar-refractivity contribution is -0.180. The Kier molecular flexibility index (Phi) is 4.34. The molecule has 1 spiro atoms. The first-order chi connectivity index (χ1) is 14.1. The summed E-state index contributed by atoms with van der Waals surface area (Å²) >= 11 is 0. The molecule has 3 heterocycles. The van der Waals surface area contributed by atoms with Crippen molar-refractivity contribution in [2.45, 2.75) is 5.79 Å². The van der Waals surface area contributed by atoms with Crippen molar-refractivity contribution in [1.29, 1.82) is 0 Å². The zero-order valence-corrected chi connectivity index (χ0v) is 15.6. The van der Waals surface area contributed by atoms with Gasteiger partial charge in [-0.05, 0) is 36.4 Å². The molecule has 3 aliphatic heterocycles. The van der Waals surface area contributed by atoms with Gasteiger partial charge in [0.2, 0.25) is 0 Å². The highest BCUT2D eigenvalue weighted by Gasteiger charge is 2.56. The SMILES string of the molecule is O=C(c1ccc2c(c1)C1(OCCO1)C(=O)N2c1cccc(F)c1)N1CCOCC1. The fourth-order valence-corrected chi connectivity index (χ4v) is 4.01. The number of carbonyl (C=O) groups excluding carboxylic acids is 2. The van der Waals surface area contributed by atoms with Gasteiger partial charge in [0.25, 0.3) is 17.6 Å². The van der Waals surface area contributed by atoms with Gasteiger partial charge in [-0.2, -0.15) is 0 Å². The van der Waals surface area contributed by atoms with Gasteiger partial charge in [-0.15, -0.1) is 0 Å². The van der Waals surface area contributed by atoms with E-state index in [1.54, 1.807) is 29.2 Å². The van der Waals surface area contributed by atoms with E-state index in [1.165, 1.54) is 23.1 Å². The monoisotopic (exact) mass is 398 g/mol. The second kappa shape index (κ2) is 6.91. The molecular weight excluding hydrogens is 379 g/mol. The number of ether oxygens (including phenoxy) is 3. The minimum Gasteiger partial charge on any atom is -0.378 e. The number of nitrogens with zero attached hydrogens (tertiary/aromatic N) is 2. The first-order valence-electron chi connectivity index (χ1n) is 9.50. The molecule has 0 saturated carbocycles. The Balaban J connectivity index is 1.59. The van der Waals surface area contributed by atoms with E-state index in [1.807, 2.05) is 0 Å². The van der Waals surface area contributed by atoms with Crippen molar-refractivity contribution >= 4 is 23.2 Å². The predicted octanol–water partition coefficient (Wildman–Crippen LogP) is 2.18. The summed E-state index contributed by atoms with van der Waals surface area (Å²) in [6, 6.07) is 10.8. The van der Waals surface area contributed by atoms with Crippen molar-refractivity contribution in [3.63, 3.8) is 0 Å². The van der Waals surface area contributed by atoms with Crippen LogP contribution in [0.1, 0.15) is 15.9 Å². The lowest BCUT2D eigenvalue weighted by atomic mass is 10.0. The van der Waals surface area contributed by atoms with E-state index >= 15 is 0 Å². The third-order valence-electron chi connectivity index (χ3n) is 5.38. The van der Waals surface area contributed by atoms with Crippen LogP contribution in [0.25, 0.3) is 0 Å². The van der Waals surface area contributed by atoms with E-state index in [4.69, 9.17) is 14.2 Å². The largest absolute Gasteiger partial charge is 0.378 e. The van der Waals surface area contributed by atoms with Crippen LogP contribution in [0.2, 0.25) is 0 Å². The Hall–Kier alpha value is -2.81. The maximum atomic E-state index is 13.8. The molecule has 2 aromatic carbocycles. The number of benzene rings is 2. The first-order valence-corrected chi connectivity index (χ1v) is 9.50. The maximum absolute atomic E-state index is 13.8. The van der Waals surface area contributed by atoms with E-state index < -0.39 is 17.5 Å². The third-order valence-corrected chi connectivity index (χ3v) is 5.38. The van der Waals surface area contributed by atoms with Crippen LogP contribution in [0, 0.1) is 5.82 Å². The molecule has 0 bridgehead atoms. The van der Waals surface area contributed by atoms with Gasteiger partial charge in [-0.25, -0.2) is 4.39 Å². The third kappa shape index (κ3) is 2.83. The summed E-state index contributed by atoms with van der Waals surface area (Å²) in [6.07, 6.45) is 0. The van der Waals surface area contributed by atoms with Gasteiger partial charge in [-0.3, -0.25) is 14.5 Å². The predicted molar refractivity (Wildman–Crippen MR) is 100 cm³/mol. The molecule has 0 aliphatic carbocycles. The fourth-order valence-electron chi connectivity index (χ4n) is 4.01. The van der Waals surface area contributed by atoms with Crippen molar-refractivity contribution in [2.75, 3.05) is 44.4 Å². The van der Waals surface area contributed by atoms with Crippen LogP contribution in [-0.4, -0.2) is 56.2 Å². The van der Waals surface area contributed by atoms with Crippen LogP contribution in [0.4, 0.5) is 15.8 Å². The Morgan fingerprint density at radius 2 is 1.76 bits per heavy atom. The van der Waals surface area contributed by atoms with Gasteiger partial charge in [0.15, 0.2) is 0 Å². The number of fused-ring (bicyclic) bond motifs is 2. The first kappa shape index (κ1) is 18.2. The summed E-state index contributed by atoms with van der Waals surface area (Å²) in [5.41, 5.74) is 1.79. The highest BCUT2D eigenvalue weighted by atomic mass is 19.1. The molecular formula is C21H19FN2O5. The number of anilines is 2. The fraction of sp³-hybridized carbons (Fsp3) is 0.333. The molecule has 0 aromatic heterocycles. The Morgan fingerprint density at radius 1 is 1.00 bits per heavy atom. The Labute approximate surface area is 166 Å². The topological polar surface area (TPSA) is 68.3 Å². The van der Waals surface area contributed by atoms with Gasteiger partial charge in [0, 0.05) is 24.2 Å². The number of morpholine rings is 1. The second-order valence-electron chi connectivity index (χ2n) is 7.07. The van der Waals surface area contributed by atoms with Crippen LogP contribution in [0.15, 0.2) is 42.5 Å². The van der Waals surface area contributed by atoms with Crippen molar-refractivity contribution in [2.24, 2.45) is 0 Å². The van der Waals surface area contributed by atoms with Crippen LogP contribution in [-0.2, 0) is 24.8 Å². The van der Waals surface area contributed by atoms with Crippen molar-refractivity contribution < 1.29 is 28.2 Å². The number of rotatable bonds is 2. The second-order valence-corrected chi connectivity index (χ2v) is 7.07. The quantitative estimate of drug-likeness (QED) is 0.776. The summed E-state index contributed by atoms with van der Waals surface area (Å²) < 4.78 is 30.6. The standard InChI is InChI=1S/C21H19FN2O5/c22-15-2-1-3-16(13-15)24-18-5-4-14(19(25)23-6-8-27-9-7-23)12-17(18)21(20(24)26)28-10-11-29-21/h1-5,12-13H,6-11H2. The number of hydrogen-bond donors (Lipinski definition) is 0. The molecule has 2 aromatic rings. The summed E-state index contributed by atoms with van der Waals surface area (Å²) in [5, 5.41) is 0. The lowest BCUT2D eigenvalue weighted by Crippen LogP contribution is -2.41. The number of halogens is 1. The minimum absolute atomic E-state index is 0.138. The molecule has 7 nitrogen and oxygen atoms in total. The van der Waals surface area contributed by atoms with Crippen molar-refractivity contribution in [3.05, 3.63) is 59.4 Å². The maximum Gasteiger partial charge on any atom is 0.297 e. The molecule has 0 N–H and O–H groups in total. The molecule has 2 amide bonds. The van der Waals surface area contributed by atoms with Crippen LogP contribution in [0.3, 0.4) is 0 Å². The van der Waals surface area contributed by atoms with Gasteiger partial charge < -0.3 is 19.1 Å².